The molecule has 10 heteroatoms. The molecule has 1 aromatic carbocycles. The summed E-state index contributed by atoms with van der Waals surface area (Å²) in [6.07, 6.45) is 0. The first-order valence-corrected chi connectivity index (χ1v) is 6.86. The van der Waals surface area contributed by atoms with Crippen molar-refractivity contribution in [3.63, 3.8) is 0 Å². The minimum Gasteiger partial charge on any atom is -0.318 e. The summed E-state index contributed by atoms with van der Waals surface area (Å²) in [7, 11) is 0. The van der Waals surface area contributed by atoms with Crippen molar-refractivity contribution in [2.75, 3.05) is 5.43 Å². The SMILES string of the molecule is CC(C)n1c(Sc2cccc(NN)c2[N+](=O)[O-])n[nH]c1=O. The number of hydrazine groups is 1. The van der Waals surface area contributed by atoms with Crippen molar-refractivity contribution < 1.29 is 4.92 Å². The van der Waals surface area contributed by atoms with Crippen molar-refractivity contribution >= 4 is 23.1 Å². The van der Waals surface area contributed by atoms with E-state index in [2.05, 4.69) is 15.6 Å². The van der Waals surface area contributed by atoms with Crippen molar-refractivity contribution in [3.05, 3.63) is 38.8 Å². The number of benzene rings is 1. The molecule has 0 spiro atoms. The molecule has 0 unspecified atom stereocenters. The molecule has 2 rings (SSSR count). The van der Waals surface area contributed by atoms with Crippen LogP contribution in [0.1, 0.15) is 19.9 Å². The molecule has 2 aromatic rings. The number of nitrogen functional groups attached to an aromatic ring is 1. The molecule has 0 fully saturated rings. The van der Waals surface area contributed by atoms with Gasteiger partial charge in [0, 0.05) is 6.04 Å². The van der Waals surface area contributed by atoms with Crippen LogP contribution in [-0.2, 0) is 0 Å². The van der Waals surface area contributed by atoms with E-state index in [9.17, 15) is 14.9 Å². The van der Waals surface area contributed by atoms with Crippen LogP contribution in [0, 0.1) is 10.1 Å². The number of nitrogens with two attached hydrogens (primary N) is 1. The number of nitro benzene ring substituents is 1. The van der Waals surface area contributed by atoms with Gasteiger partial charge in [0.1, 0.15) is 5.69 Å². The minimum atomic E-state index is -0.526. The van der Waals surface area contributed by atoms with Gasteiger partial charge in [-0.05, 0) is 37.7 Å². The van der Waals surface area contributed by atoms with Crippen LogP contribution in [0.3, 0.4) is 0 Å². The lowest BCUT2D eigenvalue weighted by Gasteiger charge is -2.09. The summed E-state index contributed by atoms with van der Waals surface area (Å²) >= 11 is 1.03. The molecule has 9 nitrogen and oxygen atoms in total. The smallest absolute Gasteiger partial charge is 0.318 e. The average molecular weight is 310 g/mol. The van der Waals surface area contributed by atoms with Crippen molar-refractivity contribution in [1.82, 2.24) is 14.8 Å². The Labute approximate surface area is 123 Å². The Morgan fingerprint density at radius 1 is 1.52 bits per heavy atom. The van der Waals surface area contributed by atoms with Gasteiger partial charge in [0.15, 0.2) is 5.16 Å². The molecule has 0 aliphatic carbocycles. The largest absolute Gasteiger partial charge is 0.344 e. The second-order valence-electron chi connectivity index (χ2n) is 4.43. The summed E-state index contributed by atoms with van der Waals surface area (Å²) in [5, 5.41) is 17.8. The molecular formula is C11H14N6O3S. The van der Waals surface area contributed by atoms with E-state index in [1.807, 2.05) is 13.8 Å². The summed E-state index contributed by atoms with van der Waals surface area (Å²) in [6.45, 7) is 3.65. The molecule has 21 heavy (non-hydrogen) atoms. The Morgan fingerprint density at radius 2 is 2.24 bits per heavy atom. The summed E-state index contributed by atoms with van der Waals surface area (Å²) in [5.41, 5.74) is 1.97. The highest BCUT2D eigenvalue weighted by Crippen LogP contribution is 2.38. The quantitative estimate of drug-likeness (QED) is 0.433. The van der Waals surface area contributed by atoms with E-state index >= 15 is 0 Å². The fourth-order valence-electron chi connectivity index (χ4n) is 1.83. The van der Waals surface area contributed by atoms with Gasteiger partial charge in [-0.1, -0.05) is 6.07 Å². The molecule has 0 radical (unpaired) electrons. The van der Waals surface area contributed by atoms with Crippen LogP contribution in [0.25, 0.3) is 0 Å². The van der Waals surface area contributed by atoms with Gasteiger partial charge in [-0.15, -0.1) is 5.10 Å². The van der Waals surface area contributed by atoms with E-state index in [1.54, 1.807) is 12.1 Å². The second kappa shape index (κ2) is 5.97. The van der Waals surface area contributed by atoms with Crippen molar-refractivity contribution in [1.29, 1.82) is 0 Å². The maximum Gasteiger partial charge on any atom is 0.344 e. The Kier molecular flexibility index (Phi) is 4.29. The third-order valence-electron chi connectivity index (χ3n) is 2.73. The topological polar surface area (TPSA) is 132 Å². The maximum atomic E-state index is 11.7. The molecular weight excluding hydrogens is 296 g/mol. The van der Waals surface area contributed by atoms with Crippen molar-refractivity contribution in [2.24, 2.45) is 5.84 Å². The molecule has 0 amide bonds. The van der Waals surface area contributed by atoms with Gasteiger partial charge in [0.2, 0.25) is 0 Å². The van der Waals surface area contributed by atoms with Gasteiger partial charge in [0.25, 0.3) is 0 Å². The molecule has 112 valence electrons. The number of anilines is 1. The van der Waals surface area contributed by atoms with Gasteiger partial charge < -0.3 is 5.43 Å². The van der Waals surface area contributed by atoms with Gasteiger partial charge in [0.05, 0.1) is 9.82 Å². The van der Waals surface area contributed by atoms with Gasteiger partial charge in [-0.2, -0.15) is 0 Å². The van der Waals surface area contributed by atoms with Crippen LogP contribution >= 0.6 is 11.8 Å². The number of nitrogens with zero attached hydrogens (tertiary/aromatic N) is 3. The molecule has 4 N–H and O–H groups in total. The predicted octanol–water partition coefficient (Wildman–Crippen LogP) is 1.50. The van der Waals surface area contributed by atoms with E-state index in [4.69, 9.17) is 5.84 Å². The van der Waals surface area contributed by atoms with Gasteiger partial charge >= 0.3 is 11.4 Å². The number of aromatic nitrogens is 3. The zero-order chi connectivity index (χ0) is 15.6. The number of rotatable bonds is 5. The number of H-pyrrole nitrogens is 1. The molecule has 0 bridgehead atoms. The first kappa shape index (κ1) is 15.1. The fraction of sp³-hybridized carbons (Fsp3) is 0.273. The summed E-state index contributed by atoms with van der Waals surface area (Å²) in [6, 6.07) is 4.60. The minimum absolute atomic E-state index is 0.117. The van der Waals surface area contributed by atoms with E-state index in [0.29, 0.717) is 10.1 Å². The number of nitrogens with one attached hydrogen (secondary N) is 2. The third kappa shape index (κ3) is 2.90. The molecule has 0 aliphatic rings. The summed E-state index contributed by atoms with van der Waals surface area (Å²) in [4.78, 5) is 22.7. The lowest BCUT2D eigenvalue weighted by atomic mass is 10.3. The number of aromatic amines is 1. The highest BCUT2D eigenvalue weighted by Gasteiger charge is 2.22. The first-order chi connectivity index (χ1) is 9.95. The molecule has 0 saturated carbocycles. The Bertz CT molecular complexity index is 723. The van der Waals surface area contributed by atoms with E-state index in [1.165, 1.54) is 10.6 Å². The number of hydrogen-bond donors (Lipinski definition) is 3. The van der Waals surface area contributed by atoms with E-state index in [-0.39, 0.29) is 23.1 Å². The molecule has 0 saturated heterocycles. The molecule has 1 heterocycles. The second-order valence-corrected chi connectivity index (χ2v) is 5.44. The fourth-order valence-corrected chi connectivity index (χ4v) is 2.93. The van der Waals surface area contributed by atoms with Crippen LogP contribution in [0.4, 0.5) is 11.4 Å². The summed E-state index contributed by atoms with van der Waals surface area (Å²) < 4.78 is 1.43. The zero-order valence-electron chi connectivity index (χ0n) is 11.4. The number of para-hydroxylation sites is 1. The van der Waals surface area contributed by atoms with Crippen LogP contribution in [0.5, 0.6) is 0 Å². The highest BCUT2D eigenvalue weighted by atomic mass is 32.2. The van der Waals surface area contributed by atoms with Gasteiger partial charge in [-0.3, -0.25) is 20.5 Å². The standard InChI is InChI=1S/C11H14N6O3S/c1-6(2)16-10(18)14-15-11(16)21-8-5-3-4-7(13-12)9(8)17(19)20/h3-6,13H,12H2,1-2H3,(H,14,18). The summed E-state index contributed by atoms with van der Waals surface area (Å²) in [5.74, 6) is 5.29. The molecule has 0 aliphatic heterocycles. The van der Waals surface area contributed by atoms with Crippen LogP contribution in [0.2, 0.25) is 0 Å². The lowest BCUT2D eigenvalue weighted by Crippen LogP contribution is -2.19. The van der Waals surface area contributed by atoms with Crippen LogP contribution < -0.4 is 17.0 Å². The molecule has 1 aromatic heterocycles. The first-order valence-electron chi connectivity index (χ1n) is 6.04. The Balaban J connectivity index is 2.50. The van der Waals surface area contributed by atoms with E-state index in [0.717, 1.165) is 11.8 Å². The zero-order valence-corrected chi connectivity index (χ0v) is 12.2. The van der Waals surface area contributed by atoms with Crippen molar-refractivity contribution in [3.8, 4) is 0 Å². The Morgan fingerprint density at radius 3 is 2.81 bits per heavy atom. The third-order valence-corrected chi connectivity index (χ3v) is 3.75. The number of nitro groups is 1. The normalized spacial score (nSPS) is 10.9. The van der Waals surface area contributed by atoms with Crippen LogP contribution in [-0.4, -0.2) is 19.7 Å². The van der Waals surface area contributed by atoms with Crippen LogP contribution in [0.15, 0.2) is 33.0 Å². The number of hydrogen-bond acceptors (Lipinski definition) is 7. The monoisotopic (exact) mass is 310 g/mol. The molecule has 0 atom stereocenters. The predicted molar refractivity (Wildman–Crippen MR) is 78.3 cm³/mol. The average Bonchev–Trinajstić information content (AvgIpc) is 2.79. The highest BCUT2D eigenvalue weighted by molar-refractivity contribution is 7.99. The lowest BCUT2D eigenvalue weighted by molar-refractivity contribution is -0.386. The van der Waals surface area contributed by atoms with E-state index < -0.39 is 4.92 Å². The maximum absolute atomic E-state index is 11.7. The Hall–Kier alpha value is -2.33. The van der Waals surface area contributed by atoms with Gasteiger partial charge in [-0.25, -0.2) is 9.89 Å². The van der Waals surface area contributed by atoms with Crippen molar-refractivity contribution in [2.45, 2.75) is 29.9 Å².